The highest BCUT2D eigenvalue weighted by Crippen LogP contribution is 2.14. The van der Waals surface area contributed by atoms with Gasteiger partial charge in [0.1, 0.15) is 0 Å². The number of hydrogen-bond acceptors (Lipinski definition) is 4. The molecule has 0 aromatic carbocycles. The van der Waals surface area contributed by atoms with Crippen LogP contribution in [0.25, 0.3) is 0 Å². The number of nitrogens with zero attached hydrogens (tertiary/aromatic N) is 1. The molecule has 5 nitrogen and oxygen atoms in total. The quantitative estimate of drug-likeness (QED) is 0.652. The van der Waals surface area contributed by atoms with E-state index < -0.39 is 8.80 Å². The van der Waals surface area contributed by atoms with Crippen LogP contribution in [0.3, 0.4) is 0 Å². The first kappa shape index (κ1) is 11.6. The van der Waals surface area contributed by atoms with Gasteiger partial charge in [0, 0.05) is 39.8 Å². The molecule has 1 N–H and O–H groups in total. The predicted molar refractivity (Wildman–Crippen MR) is 52.6 cm³/mol. The first-order chi connectivity index (χ1) is 6.61. The second-order valence-corrected chi connectivity index (χ2v) is 6.10. The van der Waals surface area contributed by atoms with E-state index in [1.807, 2.05) is 0 Å². The maximum absolute atomic E-state index is 11.2. The number of rotatable bonds is 5. The first-order valence-electron chi connectivity index (χ1n) is 4.72. The van der Waals surface area contributed by atoms with Gasteiger partial charge in [-0.1, -0.05) is 0 Å². The molecule has 0 aliphatic carbocycles. The fraction of sp³-hybridized carbons (Fsp3) is 0.875. The monoisotopic (exact) mass is 219 g/mol. The summed E-state index contributed by atoms with van der Waals surface area (Å²) in [5.74, 6) is 0.161. The van der Waals surface area contributed by atoms with Crippen molar-refractivity contribution < 1.29 is 18.4 Å². The van der Waals surface area contributed by atoms with Crippen molar-refractivity contribution in [3.8, 4) is 0 Å². The van der Waals surface area contributed by atoms with E-state index in [1.54, 1.807) is 4.90 Å². The molecule has 1 rings (SSSR count). The standard InChI is InChI=1S/C8H17NO4Si/c1-12-14(11,13-2)7-6-9-5-3-4-8(9)10/h11H,3-7H2,1-2H3. The minimum atomic E-state index is -2.99. The number of carbonyl (C=O) groups is 1. The summed E-state index contributed by atoms with van der Waals surface area (Å²) in [6, 6.07) is 0.408. The van der Waals surface area contributed by atoms with Crippen molar-refractivity contribution in [3.05, 3.63) is 0 Å². The van der Waals surface area contributed by atoms with Crippen LogP contribution in [0.2, 0.25) is 6.04 Å². The van der Waals surface area contributed by atoms with Crippen molar-refractivity contribution in [1.82, 2.24) is 4.90 Å². The molecular formula is C8H17NO4Si. The molecule has 0 saturated carbocycles. The van der Waals surface area contributed by atoms with Crippen molar-refractivity contribution in [1.29, 1.82) is 0 Å². The minimum absolute atomic E-state index is 0.161. The molecule has 0 unspecified atom stereocenters. The molecule has 0 aromatic rings. The Morgan fingerprint density at radius 2 is 2.14 bits per heavy atom. The van der Waals surface area contributed by atoms with E-state index in [-0.39, 0.29) is 5.91 Å². The van der Waals surface area contributed by atoms with Crippen LogP contribution < -0.4 is 0 Å². The van der Waals surface area contributed by atoms with Gasteiger partial charge in [-0.15, -0.1) is 0 Å². The summed E-state index contributed by atoms with van der Waals surface area (Å²) in [6.45, 7) is 1.32. The third-order valence-corrected chi connectivity index (χ3v) is 4.64. The summed E-state index contributed by atoms with van der Waals surface area (Å²) in [6.07, 6.45) is 1.54. The van der Waals surface area contributed by atoms with Crippen LogP contribution in [-0.4, -0.2) is 51.7 Å². The van der Waals surface area contributed by atoms with E-state index in [1.165, 1.54) is 14.2 Å². The van der Waals surface area contributed by atoms with Gasteiger partial charge in [0.25, 0.3) is 0 Å². The zero-order valence-corrected chi connectivity index (χ0v) is 9.65. The Hall–Kier alpha value is -0.433. The van der Waals surface area contributed by atoms with Gasteiger partial charge < -0.3 is 18.5 Å². The zero-order chi connectivity index (χ0) is 10.6. The van der Waals surface area contributed by atoms with Crippen molar-refractivity contribution in [2.24, 2.45) is 0 Å². The summed E-state index contributed by atoms with van der Waals surface area (Å²) in [4.78, 5) is 22.7. The molecule has 14 heavy (non-hydrogen) atoms. The van der Waals surface area contributed by atoms with Crippen LogP contribution >= 0.6 is 0 Å². The second kappa shape index (κ2) is 4.88. The molecule has 1 saturated heterocycles. The third-order valence-electron chi connectivity index (χ3n) is 2.51. The largest absolute Gasteiger partial charge is 0.499 e. The zero-order valence-electron chi connectivity index (χ0n) is 8.65. The Labute approximate surface area is 85.0 Å². The Morgan fingerprint density at radius 3 is 2.57 bits per heavy atom. The molecule has 1 aliphatic rings. The van der Waals surface area contributed by atoms with E-state index in [0.29, 0.717) is 19.0 Å². The van der Waals surface area contributed by atoms with Crippen molar-refractivity contribution in [3.63, 3.8) is 0 Å². The molecule has 0 spiro atoms. The minimum Gasteiger partial charge on any atom is -0.390 e. The topological polar surface area (TPSA) is 59.0 Å². The fourth-order valence-corrected chi connectivity index (χ4v) is 2.63. The molecule has 6 heteroatoms. The molecular weight excluding hydrogens is 202 g/mol. The SMILES string of the molecule is CO[Si](O)(CCN1CCCC1=O)OC. The van der Waals surface area contributed by atoms with Crippen molar-refractivity contribution >= 4 is 14.7 Å². The molecule has 1 aliphatic heterocycles. The Kier molecular flexibility index (Phi) is 4.06. The lowest BCUT2D eigenvalue weighted by atomic mass is 10.4. The summed E-state index contributed by atoms with van der Waals surface area (Å²) in [5.41, 5.74) is 0. The molecule has 82 valence electrons. The van der Waals surface area contributed by atoms with E-state index in [2.05, 4.69) is 0 Å². The van der Waals surface area contributed by atoms with Crippen LogP contribution in [0.4, 0.5) is 0 Å². The van der Waals surface area contributed by atoms with E-state index in [0.717, 1.165) is 13.0 Å². The van der Waals surface area contributed by atoms with Gasteiger partial charge in [-0.05, 0) is 6.42 Å². The fourth-order valence-electron chi connectivity index (χ4n) is 1.50. The highest BCUT2D eigenvalue weighted by molar-refractivity contribution is 6.59. The van der Waals surface area contributed by atoms with Crippen LogP contribution in [0.1, 0.15) is 12.8 Å². The normalized spacial score (nSPS) is 17.9. The molecule has 1 fully saturated rings. The molecule has 0 atom stereocenters. The summed E-state index contributed by atoms with van der Waals surface area (Å²) in [7, 11) is -0.124. The van der Waals surface area contributed by atoms with E-state index >= 15 is 0 Å². The Balaban J connectivity index is 2.35. The molecule has 0 radical (unpaired) electrons. The molecule has 1 heterocycles. The van der Waals surface area contributed by atoms with E-state index in [9.17, 15) is 9.59 Å². The number of amides is 1. The van der Waals surface area contributed by atoms with Crippen molar-refractivity contribution in [2.75, 3.05) is 27.3 Å². The predicted octanol–water partition coefficient (Wildman–Crippen LogP) is -0.167. The average Bonchev–Trinajstić information content (AvgIpc) is 2.61. The van der Waals surface area contributed by atoms with Crippen molar-refractivity contribution in [2.45, 2.75) is 18.9 Å². The second-order valence-electron chi connectivity index (χ2n) is 3.36. The third kappa shape index (κ3) is 2.78. The number of hydrogen-bond donors (Lipinski definition) is 1. The lowest BCUT2D eigenvalue weighted by Crippen LogP contribution is -2.43. The van der Waals surface area contributed by atoms with Gasteiger partial charge in [0.15, 0.2) is 0 Å². The summed E-state index contributed by atoms with van der Waals surface area (Å²) in [5, 5.41) is 0. The maximum atomic E-state index is 11.2. The summed E-state index contributed by atoms with van der Waals surface area (Å²) < 4.78 is 9.83. The maximum Gasteiger partial charge on any atom is 0.499 e. The molecule has 0 aromatic heterocycles. The lowest BCUT2D eigenvalue weighted by Gasteiger charge is -2.23. The van der Waals surface area contributed by atoms with Gasteiger partial charge in [0.05, 0.1) is 0 Å². The first-order valence-corrected chi connectivity index (χ1v) is 6.69. The molecule has 1 amide bonds. The van der Waals surface area contributed by atoms with Crippen LogP contribution in [0.5, 0.6) is 0 Å². The van der Waals surface area contributed by atoms with Gasteiger partial charge in [-0.25, -0.2) is 0 Å². The Bertz CT molecular complexity index is 208. The van der Waals surface area contributed by atoms with Gasteiger partial charge in [-0.3, -0.25) is 4.79 Å². The van der Waals surface area contributed by atoms with Gasteiger partial charge in [-0.2, -0.15) is 0 Å². The number of likely N-dealkylation sites (tertiary alicyclic amines) is 1. The van der Waals surface area contributed by atoms with Gasteiger partial charge >= 0.3 is 8.80 Å². The van der Waals surface area contributed by atoms with E-state index in [4.69, 9.17) is 8.85 Å². The highest BCUT2D eigenvalue weighted by atomic mass is 28.4. The average molecular weight is 219 g/mol. The molecule has 0 bridgehead atoms. The highest BCUT2D eigenvalue weighted by Gasteiger charge is 2.35. The van der Waals surface area contributed by atoms with Crippen LogP contribution in [-0.2, 0) is 13.6 Å². The van der Waals surface area contributed by atoms with Crippen LogP contribution in [0, 0.1) is 0 Å². The smallest absolute Gasteiger partial charge is 0.390 e. The van der Waals surface area contributed by atoms with Gasteiger partial charge in [0.2, 0.25) is 5.91 Å². The van der Waals surface area contributed by atoms with Crippen LogP contribution in [0.15, 0.2) is 0 Å². The Morgan fingerprint density at radius 1 is 1.50 bits per heavy atom. The summed E-state index contributed by atoms with van der Waals surface area (Å²) >= 11 is 0. The number of carbonyl (C=O) groups excluding carboxylic acids is 1. The lowest BCUT2D eigenvalue weighted by molar-refractivity contribution is -0.127.